The van der Waals surface area contributed by atoms with Crippen molar-refractivity contribution >= 4 is 16.9 Å². The van der Waals surface area contributed by atoms with Crippen molar-refractivity contribution < 1.29 is 13.9 Å². The second-order valence-electron chi connectivity index (χ2n) is 5.36. The van der Waals surface area contributed by atoms with Crippen molar-refractivity contribution in [2.24, 2.45) is 0 Å². The number of ether oxygens (including phenoxy) is 1. The van der Waals surface area contributed by atoms with E-state index in [-0.39, 0.29) is 5.91 Å². The van der Waals surface area contributed by atoms with E-state index in [0.29, 0.717) is 32.1 Å². The van der Waals surface area contributed by atoms with Gasteiger partial charge in [0.1, 0.15) is 5.58 Å². The molecule has 0 N–H and O–H groups in total. The van der Waals surface area contributed by atoms with Gasteiger partial charge in [-0.1, -0.05) is 12.1 Å². The second kappa shape index (κ2) is 4.94. The molecule has 1 saturated heterocycles. The molecule has 0 bridgehead atoms. The summed E-state index contributed by atoms with van der Waals surface area (Å²) in [5, 5.41) is 1.07. The number of carbonyl (C=O) groups is 1. The molecule has 0 radical (unpaired) electrons. The second-order valence-corrected chi connectivity index (χ2v) is 5.36. The minimum atomic E-state index is -0.0270. The maximum Gasteiger partial charge on any atom is 0.290 e. The van der Waals surface area contributed by atoms with E-state index >= 15 is 0 Å². The zero-order valence-corrected chi connectivity index (χ0v) is 12.2. The summed E-state index contributed by atoms with van der Waals surface area (Å²) in [7, 11) is 0. The Morgan fingerprint density at radius 2 is 1.75 bits per heavy atom. The number of fused-ring (bicyclic) bond motifs is 1. The largest absolute Gasteiger partial charge is 0.450 e. The summed E-state index contributed by atoms with van der Waals surface area (Å²) in [4.78, 5) is 14.4. The van der Waals surface area contributed by atoms with Crippen molar-refractivity contribution in [2.45, 2.75) is 20.8 Å². The van der Waals surface area contributed by atoms with E-state index in [2.05, 4.69) is 6.07 Å². The Bertz CT molecular complexity index is 666. The van der Waals surface area contributed by atoms with Crippen molar-refractivity contribution in [1.82, 2.24) is 4.90 Å². The molecule has 0 saturated carbocycles. The van der Waals surface area contributed by atoms with Crippen LogP contribution in [0.4, 0.5) is 0 Å². The topological polar surface area (TPSA) is 42.7 Å². The number of morpholine rings is 1. The molecular weight excluding hydrogens is 254 g/mol. The van der Waals surface area contributed by atoms with E-state index in [9.17, 15) is 4.79 Å². The average Bonchev–Trinajstić information content (AvgIpc) is 2.82. The number of hydrogen-bond acceptors (Lipinski definition) is 3. The number of amides is 1. The zero-order chi connectivity index (χ0) is 14.3. The van der Waals surface area contributed by atoms with Crippen LogP contribution in [0.25, 0.3) is 11.0 Å². The van der Waals surface area contributed by atoms with Crippen LogP contribution in [0.15, 0.2) is 16.5 Å². The van der Waals surface area contributed by atoms with E-state index < -0.39 is 0 Å². The molecule has 106 valence electrons. The zero-order valence-electron chi connectivity index (χ0n) is 12.2. The SMILES string of the molecule is Cc1ccc(C)c2c(C)c(C(=O)N3CCOCC3)oc12. The molecule has 20 heavy (non-hydrogen) atoms. The lowest BCUT2D eigenvalue weighted by atomic mass is 10.0. The number of rotatable bonds is 1. The number of aryl methyl sites for hydroxylation is 3. The van der Waals surface area contributed by atoms with Crippen molar-refractivity contribution in [3.8, 4) is 0 Å². The molecule has 1 fully saturated rings. The third-order valence-electron chi connectivity index (χ3n) is 3.98. The van der Waals surface area contributed by atoms with Crippen LogP contribution in [-0.2, 0) is 4.74 Å². The van der Waals surface area contributed by atoms with Gasteiger partial charge in [0.05, 0.1) is 13.2 Å². The third-order valence-corrected chi connectivity index (χ3v) is 3.98. The number of furan rings is 1. The van der Waals surface area contributed by atoms with E-state index in [0.717, 1.165) is 27.7 Å². The Hall–Kier alpha value is -1.81. The molecule has 1 aliphatic heterocycles. The van der Waals surface area contributed by atoms with Gasteiger partial charge in [0, 0.05) is 24.0 Å². The highest BCUT2D eigenvalue weighted by atomic mass is 16.5. The van der Waals surface area contributed by atoms with Gasteiger partial charge in [0.15, 0.2) is 5.76 Å². The first-order valence-corrected chi connectivity index (χ1v) is 6.96. The van der Waals surface area contributed by atoms with Crippen LogP contribution < -0.4 is 0 Å². The highest BCUT2D eigenvalue weighted by molar-refractivity contribution is 6.00. The standard InChI is InChI=1S/C16H19NO3/c1-10-4-5-11(2)14-13(10)12(3)15(20-14)16(18)17-6-8-19-9-7-17/h4-5H,6-9H2,1-3H3. The Kier molecular flexibility index (Phi) is 3.26. The van der Waals surface area contributed by atoms with Crippen LogP contribution >= 0.6 is 0 Å². The predicted molar refractivity (Wildman–Crippen MR) is 77.1 cm³/mol. The molecule has 0 unspecified atom stereocenters. The van der Waals surface area contributed by atoms with Gasteiger partial charge in [-0.05, 0) is 31.9 Å². The van der Waals surface area contributed by atoms with Crippen LogP contribution in [0.1, 0.15) is 27.2 Å². The van der Waals surface area contributed by atoms with Gasteiger partial charge in [0.25, 0.3) is 5.91 Å². The first kappa shape index (κ1) is 13.2. The van der Waals surface area contributed by atoms with Crippen molar-refractivity contribution in [3.05, 3.63) is 34.6 Å². The fraction of sp³-hybridized carbons (Fsp3) is 0.438. The number of carbonyl (C=O) groups excluding carboxylic acids is 1. The van der Waals surface area contributed by atoms with Gasteiger partial charge in [-0.2, -0.15) is 0 Å². The molecular formula is C16H19NO3. The van der Waals surface area contributed by atoms with Gasteiger partial charge in [-0.3, -0.25) is 4.79 Å². The molecule has 1 aromatic heterocycles. The monoisotopic (exact) mass is 273 g/mol. The molecule has 3 rings (SSSR count). The molecule has 2 aromatic rings. The summed E-state index contributed by atoms with van der Waals surface area (Å²) < 4.78 is 11.2. The number of hydrogen-bond donors (Lipinski definition) is 0. The van der Waals surface area contributed by atoms with E-state index in [4.69, 9.17) is 9.15 Å². The molecule has 1 aliphatic rings. The first-order valence-electron chi connectivity index (χ1n) is 6.96. The Labute approximate surface area is 118 Å². The van der Waals surface area contributed by atoms with Gasteiger partial charge >= 0.3 is 0 Å². The minimum Gasteiger partial charge on any atom is -0.450 e. The molecule has 0 spiro atoms. The summed E-state index contributed by atoms with van der Waals surface area (Å²) in [5.74, 6) is 0.445. The summed E-state index contributed by atoms with van der Waals surface area (Å²) in [6.45, 7) is 8.49. The van der Waals surface area contributed by atoms with Gasteiger partial charge in [0.2, 0.25) is 0 Å². The highest BCUT2D eigenvalue weighted by Crippen LogP contribution is 2.31. The molecule has 1 aromatic carbocycles. The summed E-state index contributed by atoms with van der Waals surface area (Å²) >= 11 is 0. The Morgan fingerprint density at radius 3 is 2.40 bits per heavy atom. The number of benzene rings is 1. The Balaban J connectivity index is 2.08. The van der Waals surface area contributed by atoms with Crippen LogP contribution in [0.5, 0.6) is 0 Å². The molecule has 2 heterocycles. The van der Waals surface area contributed by atoms with Crippen LogP contribution in [-0.4, -0.2) is 37.1 Å². The molecule has 4 heteroatoms. The average molecular weight is 273 g/mol. The van der Waals surface area contributed by atoms with Crippen LogP contribution in [0, 0.1) is 20.8 Å². The van der Waals surface area contributed by atoms with Crippen LogP contribution in [0.3, 0.4) is 0 Å². The predicted octanol–water partition coefficient (Wildman–Crippen LogP) is 2.83. The smallest absolute Gasteiger partial charge is 0.290 e. The molecule has 1 amide bonds. The summed E-state index contributed by atoms with van der Waals surface area (Å²) in [6.07, 6.45) is 0. The fourth-order valence-corrected chi connectivity index (χ4v) is 2.79. The van der Waals surface area contributed by atoms with Crippen molar-refractivity contribution in [3.63, 3.8) is 0 Å². The highest BCUT2D eigenvalue weighted by Gasteiger charge is 2.25. The maximum absolute atomic E-state index is 12.6. The normalized spacial score (nSPS) is 15.8. The summed E-state index contributed by atoms with van der Waals surface area (Å²) in [5.41, 5.74) is 3.99. The molecule has 4 nitrogen and oxygen atoms in total. The first-order chi connectivity index (χ1) is 9.59. The minimum absolute atomic E-state index is 0.0270. The summed E-state index contributed by atoms with van der Waals surface area (Å²) in [6, 6.07) is 4.10. The lowest BCUT2D eigenvalue weighted by Gasteiger charge is -2.26. The molecule has 0 aliphatic carbocycles. The number of nitrogens with zero attached hydrogens (tertiary/aromatic N) is 1. The quantitative estimate of drug-likeness (QED) is 0.802. The van der Waals surface area contributed by atoms with E-state index in [1.807, 2.05) is 26.8 Å². The third kappa shape index (κ3) is 2.00. The van der Waals surface area contributed by atoms with Gasteiger partial charge < -0.3 is 14.1 Å². The van der Waals surface area contributed by atoms with Gasteiger partial charge in [-0.25, -0.2) is 0 Å². The van der Waals surface area contributed by atoms with E-state index in [1.165, 1.54) is 0 Å². The molecule has 0 atom stereocenters. The van der Waals surface area contributed by atoms with Crippen molar-refractivity contribution in [1.29, 1.82) is 0 Å². The Morgan fingerprint density at radius 1 is 1.10 bits per heavy atom. The van der Waals surface area contributed by atoms with Crippen molar-refractivity contribution in [2.75, 3.05) is 26.3 Å². The lowest BCUT2D eigenvalue weighted by molar-refractivity contribution is 0.0283. The van der Waals surface area contributed by atoms with Crippen LogP contribution in [0.2, 0.25) is 0 Å². The van der Waals surface area contributed by atoms with Gasteiger partial charge in [-0.15, -0.1) is 0 Å². The van der Waals surface area contributed by atoms with E-state index in [1.54, 1.807) is 4.90 Å². The lowest BCUT2D eigenvalue weighted by Crippen LogP contribution is -2.40. The fourth-order valence-electron chi connectivity index (χ4n) is 2.79. The maximum atomic E-state index is 12.6.